The molecule has 1 amide bonds. The van der Waals surface area contributed by atoms with Crippen molar-refractivity contribution < 1.29 is 34.8 Å². The Morgan fingerprint density at radius 1 is 1.04 bits per heavy atom. The van der Waals surface area contributed by atoms with E-state index in [0.29, 0.717) is 41.2 Å². The molecule has 0 radical (unpaired) electrons. The van der Waals surface area contributed by atoms with Crippen LogP contribution in [0, 0.1) is 11.6 Å². The molecule has 2 aromatic heterocycles. The molecule has 0 saturated carbocycles. The average molecular weight is 671 g/mol. The summed E-state index contributed by atoms with van der Waals surface area (Å²) in [6.07, 6.45) is 2.78. The summed E-state index contributed by atoms with van der Waals surface area (Å²) in [6, 6.07) is 14.4. The number of carbonyl (C=O) groups is 1. The summed E-state index contributed by atoms with van der Waals surface area (Å²) in [5.74, 6) is -1.81. The molecule has 5 aromatic rings. The Labute approximate surface area is 265 Å². The van der Waals surface area contributed by atoms with E-state index >= 15 is 0 Å². The number of amides is 1. The van der Waals surface area contributed by atoms with Gasteiger partial charge in [-0.2, -0.15) is 4.31 Å². The van der Waals surface area contributed by atoms with Crippen LogP contribution in [-0.4, -0.2) is 65.5 Å². The number of halogens is 2. The van der Waals surface area contributed by atoms with Gasteiger partial charge in [0.1, 0.15) is 28.0 Å². The number of para-hydroxylation sites is 1. The van der Waals surface area contributed by atoms with Crippen molar-refractivity contribution in [2.75, 3.05) is 37.7 Å². The first-order valence-corrected chi connectivity index (χ1v) is 17.9. The molecule has 1 aliphatic heterocycles. The van der Waals surface area contributed by atoms with Crippen molar-refractivity contribution in [3.63, 3.8) is 0 Å². The van der Waals surface area contributed by atoms with Crippen LogP contribution in [0.4, 0.5) is 14.5 Å². The zero-order valence-electron chi connectivity index (χ0n) is 25.3. The standard InChI is InChI=1S/C32H32F2N4O6S2/c1-35-32(39)29-24-16-23(26(37(2)45(3,40)41)17-27(24)44-31(29)19-10-12-22(33)13-11-19)21-7-4-5-14-38(18-21)46(42,43)28-15-20-8-6-9-25(34)30(20)36-28/h6,8-13,15-17,21,36H,4-5,7,14,18H2,1-3H3,(H,35,39)/t21-/m1/s1. The summed E-state index contributed by atoms with van der Waals surface area (Å²) in [4.78, 5) is 16.0. The Hall–Kier alpha value is -4.27. The number of rotatable bonds is 7. The maximum Gasteiger partial charge on any atom is 0.258 e. The van der Waals surface area contributed by atoms with Crippen molar-refractivity contribution in [1.82, 2.24) is 14.6 Å². The van der Waals surface area contributed by atoms with Gasteiger partial charge < -0.3 is 14.7 Å². The summed E-state index contributed by atoms with van der Waals surface area (Å²) in [5, 5.41) is 3.29. The highest BCUT2D eigenvalue weighted by molar-refractivity contribution is 7.92. The fourth-order valence-electron chi connectivity index (χ4n) is 6.03. The van der Waals surface area contributed by atoms with Crippen molar-refractivity contribution in [3.05, 3.63) is 83.4 Å². The number of sulfonamides is 2. The quantitative estimate of drug-likeness (QED) is 0.233. The molecule has 46 heavy (non-hydrogen) atoms. The summed E-state index contributed by atoms with van der Waals surface area (Å²) in [6.45, 7) is 0.217. The van der Waals surface area contributed by atoms with Gasteiger partial charge >= 0.3 is 0 Å². The number of nitrogens with one attached hydrogen (secondary N) is 2. The van der Waals surface area contributed by atoms with Crippen LogP contribution in [0.15, 0.2) is 70.1 Å². The molecule has 1 fully saturated rings. The fourth-order valence-corrected chi connectivity index (χ4v) is 8.08. The van der Waals surface area contributed by atoms with Gasteiger partial charge in [0.25, 0.3) is 15.9 Å². The van der Waals surface area contributed by atoms with Crippen molar-refractivity contribution in [1.29, 1.82) is 0 Å². The van der Waals surface area contributed by atoms with Gasteiger partial charge in [0.15, 0.2) is 0 Å². The van der Waals surface area contributed by atoms with Crippen molar-refractivity contribution in [2.45, 2.75) is 30.2 Å². The Balaban J connectivity index is 1.51. The van der Waals surface area contributed by atoms with Crippen LogP contribution in [0.3, 0.4) is 0 Å². The third-order valence-corrected chi connectivity index (χ3v) is 11.5. The lowest BCUT2D eigenvalue weighted by molar-refractivity contribution is 0.0964. The maximum absolute atomic E-state index is 14.4. The number of carbonyl (C=O) groups excluding carboxylic acids is 1. The number of hydrogen-bond donors (Lipinski definition) is 2. The molecule has 1 saturated heterocycles. The summed E-state index contributed by atoms with van der Waals surface area (Å²) >= 11 is 0. The van der Waals surface area contributed by atoms with Gasteiger partial charge in [-0.15, -0.1) is 0 Å². The highest BCUT2D eigenvalue weighted by atomic mass is 32.2. The largest absolute Gasteiger partial charge is 0.455 e. The topological polar surface area (TPSA) is 133 Å². The Bertz CT molecular complexity index is 2190. The van der Waals surface area contributed by atoms with E-state index in [9.17, 15) is 30.4 Å². The summed E-state index contributed by atoms with van der Waals surface area (Å²) in [5.41, 5.74) is 1.73. The van der Waals surface area contributed by atoms with E-state index in [2.05, 4.69) is 10.3 Å². The number of aromatic amines is 1. The van der Waals surface area contributed by atoms with Gasteiger partial charge in [-0.1, -0.05) is 18.6 Å². The van der Waals surface area contributed by atoms with Crippen molar-refractivity contribution in [2.24, 2.45) is 0 Å². The zero-order chi connectivity index (χ0) is 33.0. The number of anilines is 1. The van der Waals surface area contributed by atoms with E-state index in [4.69, 9.17) is 4.42 Å². The minimum Gasteiger partial charge on any atom is -0.455 e. The molecule has 0 aliphatic carbocycles. The van der Waals surface area contributed by atoms with Gasteiger partial charge in [-0.3, -0.25) is 9.10 Å². The lowest BCUT2D eigenvalue weighted by Gasteiger charge is -2.28. The molecule has 1 atom stereocenters. The van der Waals surface area contributed by atoms with Crippen LogP contribution in [0.1, 0.15) is 41.1 Å². The SMILES string of the molecule is CNC(=O)c1c(-c2ccc(F)cc2)oc2cc(N(C)S(C)(=O)=O)c([C@@H]3CCCCN(S(=O)(=O)c4cc5cccc(F)c5[nH]4)C3)cc12. The third-order valence-electron chi connectivity index (χ3n) is 8.51. The highest BCUT2D eigenvalue weighted by Crippen LogP contribution is 2.42. The maximum atomic E-state index is 14.4. The second kappa shape index (κ2) is 11.8. The van der Waals surface area contributed by atoms with Gasteiger partial charge in [0.2, 0.25) is 10.0 Å². The van der Waals surface area contributed by atoms with E-state index in [1.54, 1.807) is 12.1 Å². The predicted octanol–water partition coefficient (Wildman–Crippen LogP) is 5.57. The van der Waals surface area contributed by atoms with Crippen LogP contribution in [0.25, 0.3) is 33.2 Å². The third kappa shape index (κ3) is 5.65. The molecule has 0 bridgehead atoms. The molecule has 1 aliphatic rings. The molecular weight excluding hydrogens is 639 g/mol. The molecule has 3 aromatic carbocycles. The van der Waals surface area contributed by atoms with E-state index in [-0.39, 0.29) is 46.2 Å². The van der Waals surface area contributed by atoms with Crippen LogP contribution in [0.2, 0.25) is 0 Å². The first kappa shape index (κ1) is 31.7. The minimum atomic E-state index is -4.10. The number of benzene rings is 3. The van der Waals surface area contributed by atoms with Gasteiger partial charge in [0.05, 0.1) is 23.0 Å². The van der Waals surface area contributed by atoms with E-state index in [0.717, 1.165) is 10.6 Å². The number of nitrogens with zero attached hydrogens (tertiary/aromatic N) is 2. The molecule has 2 N–H and O–H groups in total. The highest BCUT2D eigenvalue weighted by Gasteiger charge is 2.34. The first-order chi connectivity index (χ1) is 21.8. The smallest absolute Gasteiger partial charge is 0.258 e. The molecular formula is C32H32F2N4O6S2. The lowest BCUT2D eigenvalue weighted by Crippen LogP contribution is -2.35. The Morgan fingerprint density at radius 3 is 2.46 bits per heavy atom. The van der Waals surface area contributed by atoms with Gasteiger partial charge in [0, 0.05) is 49.6 Å². The molecule has 6 rings (SSSR count). The molecule has 0 unspecified atom stereocenters. The van der Waals surface area contributed by atoms with Crippen LogP contribution in [-0.2, 0) is 20.0 Å². The summed E-state index contributed by atoms with van der Waals surface area (Å²) in [7, 11) is -5.02. The van der Waals surface area contributed by atoms with E-state index < -0.39 is 43.5 Å². The zero-order valence-corrected chi connectivity index (χ0v) is 26.9. The number of hydrogen-bond acceptors (Lipinski definition) is 6. The number of H-pyrrole nitrogens is 1. The molecule has 10 nitrogen and oxygen atoms in total. The van der Waals surface area contributed by atoms with Gasteiger partial charge in [-0.05, 0) is 66.8 Å². The van der Waals surface area contributed by atoms with E-state index in [1.165, 1.54) is 66.9 Å². The van der Waals surface area contributed by atoms with Gasteiger partial charge in [-0.25, -0.2) is 25.6 Å². The second-order valence-corrected chi connectivity index (χ2v) is 15.3. The van der Waals surface area contributed by atoms with Crippen LogP contribution in [0.5, 0.6) is 0 Å². The number of aromatic nitrogens is 1. The van der Waals surface area contributed by atoms with Crippen LogP contribution >= 0.6 is 0 Å². The normalized spacial score (nSPS) is 16.5. The fraction of sp³-hybridized carbons (Fsp3) is 0.281. The number of furan rings is 1. The molecule has 3 heterocycles. The number of fused-ring (bicyclic) bond motifs is 2. The Kier molecular flexibility index (Phi) is 8.15. The van der Waals surface area contributed by atoms with Crippen molar-refractivity contribution >= 4 is 53.5 Å². The second-order valence-electron chi connectivity index (χ2n) is 11.4. The predicted molar refractivity (Wildman–Crippen MR) is 172 cm³/mol. The van der Waals surface area contributed by atoms with Crippen LogP contribution < -0.4 is 9.62 Å². The lowest BCUT2D eigenvalue weighted by atomic mass is 9.91. The first-order valence-electron chi connectivity index (χ1n) is 14.6. The monoisotopic (exact) mass is 670 g/mol. The summed E-state index contributed by atoms with van der Waals surface area (Å²) < 4.78 is 90.2. The average Bonchev–Trinajstić information content (AvgIpc) is 3.54. The minimum absolute atomic E-state index is 0.00820. The van der Waals surface area contributed by atoms with E-state index in [1.807, 2.05) is 0 Å². The van der Waals surface area contributed by atoms with Crippen molar-refractivity contribution in [3.8, 4) is 11.3 Å². The molecule has 242 valence electrons. The Morgan fingerprint density at radius 2 is 1.78 bits per heavy atom. The molecule has 0 spiro atoms. The molecule has 14 heteroatoms.